The number of piperidine rings is 1. The fraction of sp³-hybridized carbons (Fsp3) is 0.261. The minimum Gasteiger partial charge on any atom is -0.478 e. The van der Waals surface area contributed by atoms with Crippen LogP contribution in [0.3, 0.4) is 0 Å². The highest BCUT2D eigenvalue weighted by Crippen LogP contribution is 2.35. The summed E-state index contributed by atoms with van der Waals surface area (Å²) >= 11 is 0. The number of aromatic carboxylic acids is 1. The Balaban J connectivity index is 1.87. The molecule has 2 aromatic carbocycles. The van der Waals surface area contributed by atoms with Crippen LogP contribution in [0.15, 0.2) is 48.7 Å². The maximum Gasteiger partial charge on any atom is 0.335 e. The van der Waals surface area contributed by atoms with E-state index < -0.39 is 5.97 Å². The summed E-state index contributed by atoms with van der Waals surface area (Å²) in [6.07, 6.45) is 4.23. The van der Waals surface area contributed by atoms with Crippen LogP contribution < -0.4 is 4.90 Å². The second-order valence-corrected chi connectivity index (χ2v) is 7.44. The molecule has 1 atom stereocenters. The Morgan fingerprint density at radius 2 is 2.00 bits per heavy atom. The molecule has 4 rings (SSSR count). The summed E-state index contributed by atoms with van der Waals surface area (Å²) in [5.74, 6) is 0.639. The van der Waals surface area contributed by atoms with Gasteiger partial charge >= 0.3 is 5.97 Å². The minimum absolute atomic E-state index is 0.248. The minimum atomic E-state index is -0.948. The predicted octanol–water partition coefficient (Wildman–Crippen LogP) is 4.71. The van der Waals surface area contributed by atoms with Crippen LogP contribution in [0.1, 0.15) is 35.7 Å². The number of carbonyl (C=O) groups is 1. The van der Waals surface area contributed by atoms with Crippen molar-refractivity contribution in [3.8, 4) is 17.2 Å². The number of hydrogen-bond acceptors (Lipinski definition) is 4. The van der Waals surface area contributed by atoms with Crippen molar-refractivity contribution in [2.75, 3.05) is 18.0 Å². The lowest BCUT2D eigenvalue weighted by molar-refractivity contribution is 0.0697. The first-order valence-electron chi connectivity index (χ1n) is 9.48. The van der Waals surface area contributed by atoms with E-state index in [1.807, 2.05) is 24.4 Å². The highest BCUT2D eigenvalue weighted by atomic mass is 16.4. The van der Waals surface area contributed by atoms with Gasteiger partial charge in [-0.1, -0.05) is 19.1 Å². The third-order valence-electron chi connectivity index (χ3n) is 5.40. The van der Waals surface area contributed by atoms with E-state index in [-0.39, 0.29) is 5.56 Å². The van der Waals surface area contributed by atoms with Gasteiger partial charge in [-0.2, -0.15) is 5.26 Å². The van der Waals surface area contributed by atoms with E-state index in [0.717, 1.165) is 47.2 Å². The van der Waals surface area contributed by atoms with Crippen LogP contribution in [-0.4, -0.2) is 29.1 Å². The van der Waals surface area contributed by atoms with Gasteiger partial charge in [0.15, 0.2) is 0 Å². The van der Waals surface area contributed by atoms with Crippen LogP contribution in [-0.2, 0) is 0 Å². The average Bonchev–Trinajstić information content (AvgIpc) is 2.72. The Bertz CT molecular complexity index is 1080. The molecular weight excluding hydrogens is 350 g/mol. The maximum atomic E-state index is 11.1. The van der Waals surface area contributed by atoms with Crippen LogP contribution in [0, 0.1) is 17.2 Å². The van der Waals surface area contributed by atoms with Gasteiger partial charge in [0.05, 0.1) is 17.2 Å². The second-order valence-electron chi connectivity index (χ2n) is 7.44. The summed E-state index contributed by atoms with van der Waals surface area (Å²) in [6.45, 7) is 4.23. The number of hydrogen-bond donors (Lipinski definition) is 1. The van der Waals surface area contributed by atoms with Crippen molar-refractivity contribution in [3.05, 3.63) is 59.8 Å². The number of pyridine rings is 1. The van der Waals surface area contributed by atoms with Crippen molar-refractivity contribution in [1.82, 2.24) is 4.98 Å². The molecule has 5 nitrogen and oxygen atoms in total. The molecule has 1 aromatic heterocycles. The monoisotopic (exact) mass is 371 g/mol. The van der Waals surface area contributed by atoms with Crippen LogP contribution in [0.5, 0.6) is 0 Å². The Morgan fingerprint density at radius 1 is 1.21 bits per heavy atom. The normalized spacial score (nSPS) is 16.7. The number of fused-ring (bicyclic) bond motifs is 1. The van der Waals surface area contributed by atoms with Crippen molar-refractivity contribution in [2.45, 2.75) is 19.8 Å². The van der Waals surface area contributed by atoms with E-state index in [1.54, 1.807) is 24.3 Å². The van der Waals surface area contributed by atoms with E-state index in [1.165, 1.54) is 6.42 Å². The maximum absolute atomic E-state index is 11.1. The third-order valence-corrected chi connectivity index (χ3v) is 5.40. The second kappa shape index (κ2) is 7.32. The fourth-order valence-corrected chi connectivity index (χ4v) is 3.95. The van der Waals surface area contributed by atoms with E-state index >= 15 is 0 Å². The Hall–Kier alpha value is -3.39. The summed E-state index contributed by atoms with van der Waals surface area (Å²) < 4.78 is 0. The smallest absolute Gasteiger partial charge is 0.335 e. The van der Waals surface area contributed by atoms with E-state index in [0.29, 0.717) is 11.5 Å². The first-order chi connectivity index (χ1) is 13.6. The Morgan fingerprint density at radius 3 is 2.68 bits per heavy atom. The van der Waals surface area contributed by atoms with Crippen LogP contribution in [0.2, 0.25) is 0 Å². The molecule has 3 aromatic rings. The van der Waals surface area contributed by atoms with Gasteiger partial charge in [0.2, 0.25) is 0 Å². The quantitative estimate of drug-likeness (QED) is 0.721. The van der Waals surface area contributed by atoms with Gasteiger partial charge in [-0.25, -0.2) is 9.78 Å². The summed E-state index contributed by atoms with van der Waals surface area (Å²) in [4.78, 5) is 18.3. The zero-order valence-corrected chi connectivity index (χ0v) is 15.7. The molecule has 0 aliphatic carbocycles. The van der Waals surface area contributed by atoms with Gasteiger partial charge < -0.3 is 10.0 Å². The van der Waals surface area contributed by atoms with E-state index in [2.05, 4.69) is 17.9 Å². The van der Waals surface area contributed by atoms with Crippen molar-refractivity contribution in [2.24, 2.45) is 5.92 Å². The molecule has 1 aliphatic heterocycles. The molecule has 0 spiro atoms. The van der Waals surface area contributed by atoms with Gasteiger partial charge in [0, 0.05) is 30.2 Å². The number of nitriles is 1. The number of nitrogens with zero attached hydrogens (tertiary/aromatic N) is 3. The van der Waals surface area contributed by atoms with Crippen molar-refractivity contribution < 1.29 is 9.90 Å². The number of rotatable bonds is 3. The van der Waals surface area contributed by atoms with Crippen LogP contribution >= 0.6 is 0 Å². The summed E-state index contributed by atoms with van der Waals surface area (Å²) in [5, 5.41) is 20.5. The fourth-order valence-electron chi connectivity index (χ4n) is 3.95. The molecule has 0 saturated carbocycles. The molecule has 0 radical (unpaired) electrons. The molecule has 5 heteroatoms. The molecule has 1 saturated heterocycles. The van der Waals surface area contributed by atoms with Gasteiger partial charge in [-0.3, -0.25) is 0 Å². The van der Waals surface area contributed by atoms with Gasteiger partial charge in [-0.05, 0) is 60.0 Å². The van der Waals surface area contributed by atoms with Gasteiger partial charge in [-0.15, -0.1) is 0 Å². The Kier molecular flexibility index (Phi) is 4.70. The van der Waals surface area contributed by atoms with Crippen molar-refractivity contribution in [3.63, 3.8) is 0 Å². The summed E-state index contributed by atoms with van der Waals surface area (Å²) in [5.41, 5.74) is 2.63. The lowest BCUT2D eigenvalue weighted by Crippen LogP contribution is -2.34. The topological polar surface area (TPSA) is 77.2 Å². The molecule has 1 unspecified atom stereocenters. The summed E-state index contributed by atoms with van der Waals surface area (Å²) in [7, 11) is 0. The van der Waals surface area contributed by atoms with Crippen LogP contribution in [0.4, 0.5) is 5.82 Å². The zero-order valence-electron chi connectivity index (χ0n) is 15.7. The molecule has 1 aliphatic rings. The molecule has 1 N–H and O–H groups in total. The van der Waals surface area contributed by atoms with E-state index in [4.69, 9.17) is 10.1 Å². The molecule has 140 valence electrons. The standard InChI is InChI=1S/C23H21N3O2/c1-15-3-2-10-26(14-15)22-19-9-4-16(12-24)11-20(19)21(13-25-22)17-5-7-18(8-6-17)23(27)28/h4-9,11,13,15H,2-3,10,14H2,1H3,(H,27,28). The number of benzene rings is 2. The Labute approximate surface area is 163 Å². The highest BCUT2D eigenvalue weighted by molar-refractivity contribution is 6.03. The molecule has 2 heterocycles. The largest absolute Gasteiger partial charge is 0.478 e. The highest BCUT2D eigenvalue weighted by Gasteiger charge is 2.21. The first kappa shape index (κ1) is 18.0. The van der Waals surface area contributed by atoms with Crippen molar-refractivity contribution >= 4 is 22.6 Å². The third kappa shape index (κ3) is 3.29. The predicted molar refractivity (Wildman–Crippen MR) is 109 cm³/mol. The molecule has 0 bridgehead atoms. The number of anilines is 1. The lowest BCUT2D eigenvalue weighted by Gasteiger charge is -2.32. The molecule has 0 amide bonds. The number of carboxylic acids is 1. The zero-order chi connectivity index (χ0) is 19.7. The average molecular weight is 371 g/mol. The first-order valence-corrected chi connectivity index (χ1v) is 9.48. The van der Waals surface area contributed by atoms with Crippen molar-refractivity contribution in [1.29, 1.82) is 5.26 Å². The van der Waals surface area contributed by atoms with Gasteiger partial charge in [0.25, 0.3) is 0 Å². The summed E-state index contributed by atoms with van der Waals surface area (Å²) in [6, 6.07) is 14.7. The SMILES string of the molecule is CC1CCCN(c2ncc(-c3ccc(C(=O)O)cc3)c3cc(C#N)ccc23)C1. The molecule has 1 fully saturated rings. The lowest BCUT2D eigenvalue weighted by atomic mass is 9.96. The number of aromatic nitrogens is 1. The number of carboxylic acid groups (broad SMARTS) is 1. The van der Waals surface area contributed by atoms with Crippen LogP contribution in [0.25, 0.3) is 21.9 Å². The molecule has 28 heavy (non-hydrogen) atoms. The van der Waals surface area contributed by atoms with E-state index in [9.17, 15) is 10.1 Å². The molecular formula is C23H21N3O2. The van der Waals surface area contributed by atoms with Gasteiger partial charge in [0.1, 0.15) is 5.82 Å².